The van der Waals surface area contributed by atoms with E-state index in [2.05, 4.69) is 20.4 Å². The highest BCUT2D eigenvalue weighted by molar-refractivity contribution is 5.90. The van der Waals surface area contributed by atoms with Crippen molar-refractivity contribution in [2.45, 2.75) is 0 Å². The lowest BCUT2D eigenvalue weighted by molar-refractivity contribution is -1.03. The number of carbonyl (C=O) groups excluding carboxylic acids is 1. The van der Waals surface area contributed by atoms with Crippen molar-refractivity contribution in [2.75, 3.05) is 167 Å². The average Bonchev–Trinajstić information content (AvgIpc) is 3.02. The van der Waals surface area contributed by atoms with Crippen molar-refractivity contribution in [3.05, 3.63) is 11.9 Å². The van der Waals surface area contributed by atoms with Gasteiger partial charge in [-0.15, -0.1) is 0 Å². The summed E-state index contributed by atoms with van der Waals surface area (Å²) in [6.45, 7) is 29.0. The van der Waals surface area contributed by atoms with Gasteiger partial charge in [-0.2, -0.15) is 0 Å². The summed E-state index contributed by atoms with van der Waals surface area (Å²) in [6.07, 6.45) is 2.73. The Balaban J connectivity index is 0.974. The van der Waals surface area contributed by atoms with Gasteiger partial charge in [0.15, 0.2) is 6.29 Å². The predicted molar refractivity (Wildman–Crippen MR) is 156 cm³/mol. The van der Waals surface area contributed by atoms with Crippen molar-refractivity contribution in [1.82, 2.24) is 20.6 Å². The van der Waals surface area contributed by atoms with E-state index in [0.29, 0.717) is 5.56 Å². The highest BCUT2D eigenvalue weighted by Gasteiger charge is 2.46. The molecule has 7 rings (SSSR count). The Kier molecular flexibility index (Phi) is 7.25. The first-order valence-electron chi connectivity index (χ1n) is 16.2. The molecule has 0 amide bonds. The van der Waals surface area contributed by atoms with Crippen molar-refractivity contribution in [3.63, 3.8) is 0 Å². The molecule has 11 nitrogen and oxygen atoms in total. The molecule has 0 bridgehead atoms. The van der Waals surface area contributed by atoms with E-state index >= 15 is 0 Å². The number of piperazine rings is 6. The van der Waals surface area contributed by atoms with Crippen LogP contribution >= 0.6 is 0 Å². The van der Waals surface area contributed by atoms with E-state index < -0.39 is 0 Å². The smallest absolute Gasteiger partial charge is 0.157 e. The number of hydrogen-bond donors (Lipinski definition) is 2. The fraction of sp³-hybridized carbons (Fsp3) is 0.828. The molecule has 6 saturated heterocycles. The molecular weight excluding hydrogens is 504 g/mol. The summed E-state index contributed by atoms with van der Waals surface area (Å²) in [4.78, 5) is 26.6. The molecule has 0 atom stereocenters. The number of aldehydes is 1. The summed E-state index contributed by atoms with van der Waals surface area (Å²) in [6, 6.07) is 0. The Bertz CT molecular complexity index is 953. The van der Waals surface area contributed by atoms with E-state index in [1.54, 1.807) is 6.33 Å². The van der Waals surface area contributed by atoms with Crippen molar-refractivity contribution >= 4 is 17.9 Å². The molecule has 1 aromatic heterocycles. The van der Waals surface area contributed by atoms with Crippen LogP contribution in [-0.4, -0.2) is 191 Å². The Morgan fingerprint density at radius 2 is 0.850 bits per heavy atom. The van der Waals surface area contributed by atoms with E-state index in [-0.39, 0.29) is 0 Å². The first-order valence-corrected chi connectivity index (χ1v) is 16.2. The minimum atomic E-state index is 0.706. The lowest BCUT2D eigenvalue weighted by Gasteiger charge is -2.53. The summed E-state index contributed by atoms with van der Waals surface area (Å²) in [5, 5.41) is 7.08. The summed E-state index contributed by atoms with van der Waals surface area (Å²) in [5.41, 5.74) is 0.706. The number of aromatic nitrogens is 2. The monoisotopic (exact) mass is 556 g/mol. The van der Waals surface area contributed by atoms with Crippen LogP contribution in [0.2, 0.25) is 0 Å². The zero-order valence-corrected chi connectivity index (χ0v) is 24.6. The van der Waals surface area contributed by atoms with Crippen LogP contribution in [0.15, 0.2) is 6.33 Å². The molecule has 11 heteroatoms. The van der Waals surface area contributed by atoms with E-state index in [1.807, 2.05) is 0 Å². The van der Waals surface area contributed by atoms with Gasteiger partial charge in [0.2, 0.25) is 0 Å². The van der Waals surface area contributed by atoms with Crippen LogP contribution in [-0.2, 0) is 0 Å². The van der Waals surface area contributed by atoms with E-state index in [9.17, 15) is 4.79 Å². The van der Waals surface area contributed by atoms with Gasteiger partial charge in [0.05, 0.1) is 84.1 Å². The number of nitrogens with one attached hydrogen (secondary N) is 2. The summed E-state index contributed by atoms with van der Waals surface area (Å²) in [7, 11) is 0. The first-order chi connectivity index (χ1) is 19.6. The SMILES string of the molecule is O=Cc1c(N2CC[N+]3(CC2)CC[N+]2(CCNCC2)CC3)ncnc1N1CC[N+]2(CC1)CC[N+]1(CCNCC1)CC2. The second-order valence-corrected chi connectivity index (χ2v) is 14.0. The third-order valence-corrected chi connectivity index (χ3v) is 12.2. The predicted octanol–water partition coefficient (Wildman–Crippen LogP) is -1.57. The van der Waals surface area contributed by atoms with Crippen LogP contribution < -0.4 is 20.4 Å². The zero-order valence-electron chi connectivity index (χ0n) is 24.6. The van der Waals surface area contributed by atoms with Gasteiger partial charge in [-0.25, -0.2) is 9.97 Å². The number of nitrogens with zero attached hydrogens (tertiary/aromatic N) is 8. The molecule has 0 unspecified atom stereocenters. The number of anilines is 2. The van der Waals surface area contributed by atoms with Gasteiger partial charge in [-0.1, -0.05) is 0 Å². The Hall–Kier alpha value is -1.89. The van der Waals surface area contributed by atoms with Gasteiger partial charge in [0, 0.05) is 26.2 Å². The molecule has 40 heavy (non-hydrogen) atoms. The van der Waals surface area contributed by atoms with Crippen molar-refractivity contribution in [1.29, 1.82) is 0 Å². The molecule has 220 valence electrons. The molecule has 0 aromatic carbocycles. The normalized spacial score (nSPS) is 29.2. The summed E-state index contributed by atoms with van der Waals surface area (Å²) < 4.78 is 5.16. The van der Waals surface area contributed by atoms with Crippen LogP contribution in [0, 0.1) is 0 Å². The van der Waals surface area contributed by atoms with E-state index in [0.717, 1.165) is 70.3 Å². The van der Waals surface area contributed by atoms with Gasteiger partial charge in [0.1, 0.15) is 70.3 Å². The molecule has 7 heterocycles. The minimum Gasteiger partial charge on any atom is -0.345 e. The van der Waals surface area contributed by atoms with Crippen LogP contribution in [0.25, 0.3) is 0 Å². The molecule has 2 N–H and O–H groups in total. The second-order valence-electron chi connectivity index (χ2n) is 14.0. The van der Waals surface area contributed by atoms with Gasteiger partial charge >= 0.3 is 0 Å². The van der Waals surface area contributed by atoms with Gasteiger partial charge in [-0.3, -0.25) is 4.79 Å². The summed E-state index contributed by atoms with van der Waals surface area (Å²) in [5.74, 6) is 1.72. The number of carbonyl (C=O) groups is 1. The van der Waals surface area contributed by atoms with Gasteiger partial charge in [-0.05, 0) is 0 Å². The average molecular weight is 557 g/mol. The third kappa shape index (κ3) is 5.03. The molecule has 6 fully saturated rings. The van der Waals surface area contributed by atoms with E-state index in [4.69, 9.17) is 9.97 Å². The minimum absolute atomic E-state index is 0.706. The van der Waals surface area contributed by atoms with Gasteiger partial charge < -0.3 is 38.4 Å². The molecular formula is C29H52N10O+4. The number of hydrogen-bond acceptors (Lipinski definition) is 7. The maximum atomic E-state index is 12.5. The first kappa shape index (κ1) is 27.0. The van der Waals surface area contributed by atoms with E-state index in [1.165, 1.54) is 123 Å². The lowest BCUT2D eigenvalue weighted by Crippen LogP contribution is -2.73. The molecule has 6 aliphatic rings. The van der Waals surface area contributed by atoms with Crippen molar-refractivity contribution in [2.24, 2.45) is 0 Å². The highest BCUT2D eigenvalue weighted by Crippen LogP contribution is 2.31. The van der Waals surface area contributed by atoms with Crippen molar-refractivity contribution < 1.29 is 22.7 Å². The Labute approximate surface area is 240 Å². The molecule has 4 spiro atoms. The molecule has 6 aliphatic heterocycles. The number of rotatable bonds is 3. The standard InChI is InChI=1S/C29H52N10O/c40-25-27-28(34-5-13-38(14-6-34)21-17-36(18-22-38)9-1-30-2-10-36)32-26-33-29(27)35-7-15-39(16-8-35)23-19-37(20-24-39)11-3-31-4-12-37/h25-26,30-31H,1-24H2/q+4. The number of quaternary nitrogens is 4. The third-order valence-electron chi connectivity index (χ3n) is 12.2. The van der Waals surface area contributed by atoms with Gasteiger partial charge in [0.25, 0.3) is 0 Å². The largest absolute Gasteiger partial charge is 0.345 e. The molecule has 1 aromatic rings. The van der Waals surface area contributed by atoms with Crippen LogP contribution in [0.3, 0.4) is 0 Å². The second kappa shape index (κ2) is 10.7. The lowest BCUT2D eigenvalue weighted by atomic mass is 10.1. The van der Waals surface area contributed by atoms with Crippen molar-refractivity contribution in [3.8, 4) is 0 Å². The van der Waals surface area contributed by atoms with Crippen LogP contribution in [0.5, 0.6) is 0 Å². The molecule has 0 radical (unpaired) electrons. The highest BCUT2D eigenvalue weighted by atomic mass is 16.1. The quantitative estimate of drug-likeness (QED) is 0.344. The summed E-state index contributed by atoms with van der Waals surface area (Å²) >= 11 is 0. The maximum Gasteiger partial charge on any atom is 0.157 e. The van der Waals surface area contributed by atoms with Crippen LogP contribution in [0.1, 0.15) is 10.4 Å². The fourth-order valence-electron chi connectivity index (χ4n) is 8.86. The molecule has 0 saturated carbocycles. The maximum absolute atomic E-state index is 12.5. The van der Waals surface area contributed by atoms with Crippen LogP contribution in [0.4, 0.5) is 11.6 Å². The topological polar surface area (TPSA) is 73.4 Å². The molecule has 0 aliphatic carbocycles. The Morgan fingerprint density at radius 1 is 0.525 bits per heavy atom. The fourth-order valence-corrected chi connectivity index (χ4v) is 8.86. The Morgan fingerprint density at radius 3 is 1.18 bits per heavy atom. The zero-order chi connectivity index (χ0) is 27.1.